The smallest absolute Gasteiger partial charge is 0.224 e. The first-order valence-electron chi connectivity index (χ1n) is 10.8. The Balaban J connectivity index is 1.61. The molecule has 4 aromatic rings. The van der Waals surface area contributed by atoms with E-state index in [-0.39, 0.29) is 24.2 Å². The van der Waals surface area contributed by atoms with Gasteiger partial charge in [0.15, 0.2) is 11.0 Å². The largest absolute Gasteiger partial charge is 0.346 e. The molecule has 0 saturated carbocycles. The summed E-state index contributed by atoms with van der Waals surface area (Å²) in [6, 6.07) is 21.2. The molecule has 4 rings (SSSR count). The molecule has 1 atom stereocenters. The summed E-state index contributed by atoms with van der Waals surface area (Å²) in [5.41, 5.74) is 3.75. The molecule has 0 aliphatic heterocycles. The van der Waals surface area contributed by atoms with Crippen LogP contribution in [0.15, 0.2) is 78.0 Å². The van der Waals surface area contributed by atoms with Gasteiger partial charge in [0, 0.05) is 10.8 Å². The van der Waals surface area contributed by atoms with Crippen LogP contribution >= 0.6 is 23.4 Å². The van der Waals surface area contributed by atoms with Crippen LogP contribution in [0.2, 0.25) is 5.02 Å². The standard InChI is InChI=1S/C26H24ClFN4OS/c1-17-8-11-21(27)15-23(17)32-25(18(2)29-24(33)14-19-6-4-3-5-7-19)30-31-26(32)34-16-20-9-12-22(28)13-10-20/h3-13,15,18H,14,16H2,1-2H3,(H,29,33). The molecule has 0 bridgehead atoms. The van der Waals surface area contributed by atoms with Gasteiger partial charge in [0.1, 0.15) is 5.82 Å². The lowest BCUT2D eigenvalue weighted by Gasteiger charge is -2.18. The fraction of sp³-hybridized carbons (Fsp3) is 0.192. The van der Waals surface area contributed by atoms with Gasteiger partial charge in [-0.25, -0.2) is 4.39 Å². The number of halogens is 2. The molecule has 8 heteroatoms. The molecular formula is C26H24ClFN4OS. The van der Waals surface area contributed by atoms with Crippen molar-refractivity contribution < 1.29 is 9.18 Å². The highest BCUT2D eigenvalue weighted by molar-refractivity contribution is 7.98. The molecule has 1 unspecified atom stereocenters. The van der Waals surface area contributed by atoms with E-state index in [1.165, 1.54) is 23.9 Å². The van der Waals surface area contributed by atoms with Crippen molar-refractivity contribution in [3.8, 4) is 5.69 Å². The van der Waals surface area contributed by atoms with Crippen molar-refractivity contribution in [1.29, 1.82) is 0 Å². The number of aromatic nitrogens is 3. The Hall–Kier alpha value is -3.16. The van der Waals surface area contributed by atoms with Crippen LogP contribution in [-0.2, 0) is 17.0 Å². The SMILES string of the molecule is Cc1ccc(Cl)cc1-n1c(SCc2ccc(F)cc2)nnc1C(C)NC(=O)Cc1ccccc1. The monoisotopic (exact) mass is 494 g/mol. The number of thioether (sulfide) groups is 1. The highest BCUT2D eigenvalue weighted by atomic mass is 35.5. The lowest BCUT2D eigenvalue weighted by atomic mass is 10.1. The summed E-state index contributed by atoms with van der Waals surface area (Å²) < 4.78 is 15.2. The van der Waals surface area contributed by atoms with Gasteiger partial charge in [-0.05, 0) is 54.8 Å². The highest BCUT2D eigenvalue weighted by Gasteiger charge is 2.22. The summed E-state index contributed by atoms with van der Waals surface area (Å²) in [6.45, 7) is 3.88. The van der Waals surface area contributed by atoms with Gasteiger partial charge in [-0.1, -0.05) is 71.9 Å². The first-order chi connectivity index (χ1) is 16.4. The van der Waals surface area contributed by atoms with Gasteiger partial charge in [0.2, 0.25) is 5.91 Å². The Kier molecular flexibility index (Phi) is 7.65. The summed E-state index contributed by atoms with van der Waals surface area (Å²) in [5, 5.41) is 13.1. The third-order valence-electron chi connectivity index (χ3n) is 5.32. The molecule has 0 fully saturated rings. The van der Waals surface area contributed by atoms with E-state index in [0.717, 1.165) is 22.4 Å². The highest BCUT2D eigenvalue weighted by Crippen LogP contribution is 2.30. The summed E-state index contributed by atoms with van der Waals surface area (Å²) in [5.74, 6) is 0.825. The molecule has 1 amide bonds. The number of amides is 1. The van der Waals surface area contributed by atoms with Crippen LogP contribution in [0.4, 0.5) is 4.39 Å². The van der Waals surface area contributed by atoms with Crippen LogP contribution in [0.1, 0.15) is 35.5 Å². The molecule has 174 valence electrons. The Morgan fingerprint density at radius 2 is 1.79 bits per heavy atom. The fourth-order valence-corrected chi connectivity index (χ4v) is 4.65. The van der Waals surface area contributed by atoms with Crippen LogP contribution in [-0.4, -0.2) is 20.7 Å². The van der Waals surface area contributed by atoms with Gasteiger partial charge < -0.3 is 5.32 Å². The maximum atomic E-state index is 13.3. The first-order valence-corrected chi connectivity index (χ1v) is 12.2. The topological polar surface area (TPSA) is 59.8 Å². The Labute approximate surface area is 207 Å². The second-order valence-corrected chi connectivity index (χ2v) is 9.35. The number of rotatable bonds is 8. The summed E-state index contributed by atoms with van der Waals surface area (Å²) >= 11 is 7.80. The molecular weight excluding hydrogens is 471 g/mol. The molecule has 1 N–H and O–H groups in total. The lowest BCUT2D eigenvalue weighted by Crippen LogP contribution is -2.30. The molecule has 0 saturated heterocycles. The summed E-state index contributed by atoms with van der Waals surface area (Å²) in [6.07, 6.45) is 0.279. The molecule has 0 spiro atoms. The zero-order valence-electron chi connectivity index (χ0n) is 18.8. The van der Waals surface area contributed by atoms with Crippen LogP contribution < -0.4 is 5.32 Å². The van der Waals surface area contributed by atoms with Crippen LogP contribution in [0.25, 0.3) is 5.69 Å². The number of carbonyl (C=O) groups is 1. The first kappa shape index (κ1) is 24.0. The zero-order valence-corrected chi connectivity index (χ0v) is 20.4. The number of benzene rings is 3. The number of nitrogens with zero attached hydrogens (tertiary/aromatic N) is 3. The van der Waals surface area contributed by atoms with E-state index in [2.05, 4.69) is 15.5 Å². The van der Waals surface area contributed by atoms with Crippen molar-refractivity contribution in [2.24, 2.45) is 0 Å². The average molecular weight is 495 g/mol. The molecule has 0 aliphatic carbocycles. The minimum atomic E-state index is -0.387. The van der Waals surface area contributed by atoms with Crippen LogP contribution in [0, 0.1) is 12.7 Å². The van der Waals surface area contributed by atoms with E-state index in [0.29, 0.717) is 21.8 Å². The number of carbonyl (C=O) groups excluding carboxylic acids is 1. The minimum Gasteiger partial charge on any atom is -0.346 e. The summed E-state index contributed by atoms with van der Waals surface area (Å²) in [4.78, 5) is 12.7. The normalized spacial score (nSPS) is 11.9. The van der Waals surface area contributed by atoms with E-state index in [1.807, 2.05) is 66.9 Å². The lowest BCUT2D eigenvalue weighted by molar-refractivity contribution is -0.121. The predicted molar refractivity (Wildman–Crippen MR) is 134 cm³/mol. The molecule has 0 aliphatic rings. The van der Waals surface area contributed by atoms with Gasteiger partial charge in [0.25, 0.3) is 0 Å². The zero-order chi connectivity index (χ0) is 24.1. The van der Waals surface area contributed by atoms with Crippen molar-refractivity contribution in [2.75, 3.05) is 0 Å². The molecule has 1 aromatic heterocycles. The van der Waals surface area contributed by atoms with Crippen molar-refractivity contribution in [1.82, 2.24) is 20.1 Å². The van der Waals surface area contributed by atoms with Gasteiger partial charge in [-0.2, -0.15) is 0 Å². The number of hydrogen-bond acceptors (Lipinski definition) is 4. The van der Waals surface area contributed by atoms with E-state index in [9.17, 15) is 9.18 Å². The Morgan fingerprint density at radius 1 is 1.06 bits per heavy atom. The molecule has 1 heterocycles. The number of hydrogen-bond donors (Lipinski definition) is 1. The van der Waals surface area contributed by atoms with Crippen LogP contribution in [0.3, 0.4) is 0 Å². The Bertz CT molecular complexity index is 1280. The van der Waals surface area contributed by atoms with Crippen molar-refractivity contribution >= 4 is 29.3 Å². The molecule has 34 heavy (non-hydrogen) atoms. The second kappa shape index (κ2) is 10.8. The Morgan fingerprint density at radius 3 is 2.53 bits per heavy atom. The van der Waals surface area contributed by atoms with Crippen LogP contribution in [0.5, 0.6) is 0 Å². The number of nitrogens with one attached hydrogen (secondary N) is 1. The van der Waals surface area contributed by atoms with E-state index in [1.54, 1.807) is 12.1 Å². The predicted octanol–water partition coefficient (Wildman–Crippen LogP) is 6.08. The van der Waals surface area contributed by atoms with Crippen molar-refractivity contribution in [3.63, 3.8) is 0 Å². The average Bonchev–Trinajstić information content (AvgIpc) is 3.25. The fourth-order valence-electron chi connectivity index (χ4n) is 3.57. The molecule has 5 nitrogen and oxygen atoms in total. The quantitative estimate of drug-likeness (QED) is 0.301. The minimum absolute atomic E-state index is 0.100. The van der Waals surface area contributed by atoms with Gasteiger partial charge in [-0.15, -0.1) is 10.2 Å². The third kappa shape index (κ3) is 5.85. The second-order valence-electron chi connectivity index (χ2n) is 7.97. The third-order valence-corrected chi connectivity index (χ3v) is 6.56. The van der Waals surface area contributed by atoms with E-state index < -0.39 is 0 Å². The van der Waals surface area contributed by atoms with E-state index in [4.69, 9.17) is 11.6 Å². The van der Waals surface area contributed by atoms with Crippen molar-refractivity contribution in [2.45, 2.75) is 37.2 Å². The van der Waals surface area contributed by atoms with Gasteiger partial charge in [-0.3, -0.25) is 9.36 Å². The van der Waals surface area contributed by atoms with Crippen molar-refractivity contribution in [3.05, 3.63) is 106 Å². The maximum absolute atomic E-state index is 13.3. The summed E-state index contributed by atoms with van der Waals surface area (Å²) in [7, 11) is 0. The molecule has 0 radical (unpaired) electrons. The molecule has 3 aromatic carbocycles. The maximum Gasteiger partial charge on any atom is 0.224 e. The number of aryl methyl sites for hydroxylation is 1. The van der Waals surface area contributed by atoms with Gasteiger partial charge in [0.05, 0.1) is 18.2 Å². The van der Waals surface area contributed by atoms with Gasteiger partial charge >= 0.3 is 0 Å². The van der Waals surface area contributed by atoms with E-state index >= 15 is 0 Å².